The maximum Gasteiger partial charge on any atom is 0.273 e. The molecule has 2 heterocycles. The fourth-order valence-corrected chi connectivity index (χ4v) is 4.16. The number of methoxy groups -OCH3 is 1. The van der Waals surface area contributed by atoms with Crippen LogP contribution in [0.3, 0.4) is 0 Å². The lowest BCUT2D eigenvalue weighted by Crippen LogP contribution is -2.47. The molecule has 1 fully saturated rings. The van der Waals surface area contributed by atoms with Crippen LogP contribution in [-0.2, 0) is 6.42 Å². The van der Waals surface area contributed by atoms with E-state index in [9.17, 15) is 4.79 Å². The Morgan fingerprint density at radius 2 is 1.92 bits per heavy atom. The molecule has 1 saturated heterocycles. The second-order valence-corrected chi connectivity index (χ2v) is 7.44. The van der Waals surface area contributed by atoms with Crippen molar-refractivity contribution in [3.8, 4) is 5.75 Å². The van der Waals surface area contributed by atoms with E-state index in [2.05, 4.69) is 18.8 Å². The molecule has 0 aliphatic carbocycles. The number of rotatable bonds is 4. The highest BCUT2D eigenvalue weighted by Gasteiger charge is 2.30. The summed E-state index contributed by atoms with van der Waals surface area (Å²) in [6.07, 6.45) is 4.11. The summed E-state index contributed by atoms with van der Waals surface area (Å²) in [5.74, 6) is 0.925. The monoisotopic (exact) mass is 344 g/mol. The van der Waals surface area contributed by atoms with Crippen LogP contribution in [0.15, 0.2) is 29.6 Å². The molecule has 1 aromatic heterocycles. The summed E-state index contributed by atoms with van der Waals surface area (Å²) >= 11 is 1.56. The molecule has 3 rings (SSSR count). The van der Waals surface area contributed by atoms with Gasteiger partial charge in [-0.25, -0.2) is 4.98 Å². The summed E-state index contributed by atoms with van der Waals surface area (Å²) in [4.78, 5) is 19.4. The van der Waals surface area contributed by atoms with E-state index in [1.807, 2.05) is 34.5 Å². The van der Waals surface area contributed by atoms with Crippen molar-refractivity contribution < 1.29 is 9.53 Å². The van der Waals surface area contributed by atoms with Crippen molar-refractivity contribution in [3.05, 3.63) is 45.9 Å². The van der Waals surface area contributed by atoms with Gasteiger partial charge in [0.1, 0.15) is 11.4 Å². The van der Waals surface area contributed by atoms with Gasteiger partial charge < -0.3 is 9.64 Å². The minimum atomic E-state index is 0.0759. The lowest BCUT2D eigenvalue weighted by atomic mass is 9.97. The number of carbonyl (C=O) groups excluding carboxylic acids is 1. The van der Waals surface area contributed by atoms with Crippen molar-refractivity contribution in [1.82, 2.24) is 9.88 Å². The predicted molar refractivity (Wildman–Crippen MR) is 96.9 cm³/mol. The SMILES string of the molecule is COc1ccc(Cc2nc(C(=O)N3C(C)CCCC3C)cs2)cc1. The topological polar surface area (TPSA) is 42.4 Å². The number of hydrogen-bond acceptors (Lipinski definition) is 4. The van der Waals surface area contributed by atoms with E-state index in [0.717, 1.165) is 30.0 Å². The summed E-state index contributed by atoms with van der Waals surface area (Å²) in [7, 11) is 1.66. The normalized spacial score (nSPS) is 20.9. The van der Waals surface area contributed by atoms with E-state index in [4.69, 9.17) is 4.74 Å². The van der Waals surface area contributed by atoms with Gasteiger partial charge in [-0.1, -0.05) is 12.1 Å². The van der Waals surface area contributed by atoms with Gasteiger partial charge >= 0.3 is 0 Å². The molecular weight excluding hydrogens is 320 g/mol. The van der Waals surface area contributed by atoms with Crippen LogP contribution in [0, 0.1) is 0 Å². The fourth-order valence-electron chi connectivity index (χ4n) is 3.36. The second kappa shape index (κ2) is 7.34. The first-order valence-corrected chi connectivity index (χ1v) is 9.36. The van der Waals surface area contributed by atoms with E-state index >= 15 is 0 Å². The molecule has 5 heteroatoms. The van der Waals surface area contributed by atoms with E-state index in [1.54, 1.807) is 18.4 Å². The van der Waals surface area contributed by atoms with Crippen LogP contribution in [0.2, 0.25) is 0 Å². The van der Waals surface area contributed by atoms with Crippen LogP contribution in [-0.4, -0.2) is 35.0 Å². The van der Waals surface area contributed by atoms with Crippen LogP contribution >= 0.6 is 11.3 Å². The van der Waals surface area contributed by atoms with Crippen LogP contribution in [0.25, 0.3) is 0 Å². The zero-order valence-electron chi connectivity index (χ0n) is 14.5. The molecule has 128 valence electrons. The highest BCUT2D eigenvalue weighted by Crippen LogP contribution is 2.25. The van der Waals surface area contributed by atoms with Gasteiger partial charge in [0, 0.05) is 23.9 Å². The molecular formula is C19H24N2O2S. The van der Waals surface area contributed by atoms with Crippen molar-refractivity contribution in [1.29, 1.82) is 0 Å². The number of amides is 1. The van der Waals surface area contributed by atoms with Gasteiger partial charge in [0.05, 0.1) is 12.1 Å². The van der Waals surface area contributed by atoms with Crippen molar-refractivity contribution >= 4 is 17.2 Å². The van der Waals surface area contributed by atoms with Crippen molar-refractivity contribution in [2.75, 3.05) is 7.11 Å². The second-order valence-electron chi connectivity index (χ2n) is 6.49. The Morgan fingerprint density at radius 3 is 2.54 bits per heavy atom. The van der Waals surface area contributed by atoms with Crippen LogP contribution in [0.4, 0.5) is 0 Å². The van der Waals surface area contributed by atoms with E-state index in [0.29, 0.717) is 17.8 Å². The zero-order valence-corrected chi connectivity index (χ0v) is 15.3. The minimum Gasteiger partial charge on any atom is -0.497 e. The van der Waals surface area contributed by atoms with E-state index < -0.39 is 0 Å². The smallest absolute Gasteiger partial charge is 0.273 e. The van der Waals surface area contributed by atoms with Crippen LogP contribution in [0.1, 0.15) is 54.2 Å². The first kappa shape index (κ1) is 17.0. The van der Waals surface area contributed by atoms with Crippen molar-refractivity contribution in [2.45, 2.75) is 51.6 Å². The summed E-state index contributed by atoms with van der Waals surface area (Å²) in [5, 5.41) is 2.87. The Morgan fingerprint density at radius 1 is 1.25 bits per heavy atom. The summed E-state index contributed by atoms with van der Waals surface area (Å²) in [6, 6.07) is 8.58. The Bertz CT molecular complexity index is 686. The van der Waals surface area contributed by atoms with Gasteiger partial charge in [-0.2, -0.15) is 0 Å². The molecule has 2 unspecified atom stereocenters. The van der Waals surface area contributed by atoms with Gasteiger partial charge in [-0.3, -0.25) is 4.79 Å². The number of piperidine rings is 1. The number of nitrogens with zero attached hydrogens (tertiary/aromatic N) is 2. The molecule has 0 radical (unpaired) electrons. The molecule has 0 spiro atoms. The molecule has 4 nitrogen and oxygen atoms in total. The Labute approximate surface area is 147 Å². The molecule has 2 aromatic rings. The molecule has 1 aromatic carbocycles. The number of aromatic nitrogens is 1. The lowest BCUT2D eigenvalue weighted by molar-refractivity contribution is 0.0505. The van der Waals surface area contributed by atoms with Crippen molar-refractivity contribution in [3.63, 3.8) is 0 Å². The number of thiazole rings is 1. The Balaban J connectivity index is 1.71. The molecule has 0 saturated carbocycles. The summed E-state index contributed by atoms with van der Waals surface area (Å²) in [6.45, 7) is 4.27. The highest BCUT2D eigenvalue weighted by atomic mass is 32.1. The van der Waals surface area contributed by atoms with Gasteiger partial charge in [-0.15, -0.1) is 11.3 Å². The molecule has 24 heavy (non-hydrogen) atoms. The van der Waals surface area contributed by atoms with Gasteiger partial charge in [0.25, 0.3) is 5.91 Å². The minimum absolute atomic E-state index is 0.0759. The third-order valence-corrected chi connectivity index (χ3v) is 5.56. The molecule has 0 N–H and O–H groups in total. The van der Waals surface area contributed by atoms with Crippen LogP contribution < -0.4 is 4.74 Å². The van der Waals surface area contributed by atoms with Gasteiger partial charge in [-0.05, 0) is 50.8 Å². The third kappa shape index (κ3) is 3.61. The molecule has 1 amide bonds. The first-order valence-electron chi connectivity index (χ1n) is 8.48. The molecule has 1 aliphatic heterocycles. The maximum atomic E-state index is 12.8. The standard InChI is InChI=1S/C19H24N2O2S/c1-13-5-4-6-14(2)21(13)19(22)17-12-24-18(20-17)11-15-7-9-16(23-3)10-8-15/h7-10,12-14H,4-6,11H2,1-3H3. The molecule has 1 aliphatic rings. The summed E-state index contributed by atoms with van der Waals surface area (Å²) < 4.78 is 5.18. The van der Waals surface area contributed by atoms with Gasteiger partial charge in [0.2, 0.25) is 0 Å². The average molecular weight is 344 g/mol. The number of hydrogen-bond donors (Lipinski definition) is 0. The van der Waals surface area contributed by atoms with E-state index in [1.165, 1.54) is 12.0 Å². The molecule has 2 atom stereocenters. The number of benzene rings is 1. The maximum absolute atomic E-state index is 12.8. The fraction of sp³-hybridized carbons (Fsp3) is 0.474. The van der Waals surface area contributed by atoms with E-state index in [-0.39, 0.29) is 5.91 Å². The highest BCUT2D eigenvalue weighted by molar-refractivity contribution is 7.09. The number of carbonyl (C=O) groups is 1. The Kier molecular flexibility index (Phi) is 5.19. The van der Waals surface area contributed by atoms with Crippen molar-refractivity contribution in [2.24, 2.45) is 0 Å². The number of ether oxygens (including phenoxy) is 1. The predicted octanol–water partition coefficient (Wildman–Crippen LogP) is 4.15. The zero-order chi connectivity index (χ0) is 17.1. The first-order chi connectivity index (χ1) is 11.6. The molecule has 0 bridgehead atoms. The quantitative estimate of drug-likeness (QED) is 0.837. The lowest BCUT2D eigenvalue weighted by Gasteiger charge is -2.38. The summed E-state index contributed by atoms with van der Waals surface area (Å²) in [5.41, 5.74) is 1.76. The largest absolute Gasteiger partial charge is 0.497 e. The Hall–Kier alpha value is -1.88. The number of likely N-dealkylation sites (tertiary alicyclic amines) is 1. The van der Waals surface area contributed by atoms with Gasteiger partial charge in [0.15, 0.2) is 0 Å². The van der Waals surface area contributed by atoms with Crippen LogP contribution in [0.5, 0.6) is 5.75 Å². The average Bonchev–Trinajstić information content (AvgIpc) is 3.04. The third-order valence-electron chi connectivity index (χ3n) is 4.71.